The first-order valence-corrected chi connectivity index (χ1v) is 31.7. The van der Waals surface area contributed by atoms with E-state index in [1.165, 1.54) is 0 Å². The average molecular weight is 1280 g/mol. The van der Waals surface area contributed by atoms with Gasteiger partial charge in [-0.25, -0.2) is 44.3 Å². The van der Waals surface area contributed by atoms with Crippen LogP contribution in [0.4, 0.5) is 48.6 Å². The number of hydrogen-bond donors (Lipinski definition) is 3. The van der Waals surface area contributed by atoms with E-state index in [0.29, 0.717) is 60.8 Å². The van der Waals surface area contributed by atoms with Crippen LogP contribution in [0.3, 0.4) is 0 Å². The standard InChI is InChI=1S/C22H24F3N5O2.C21H22F2N6O2.C20H22F2N6O/c23-21(8-9-21)18(32)29-11-20(12-29)6-4-13(5-7-20)15-2-1-3-16-26-19(28-30(15)16)27-17(31)14-10-22(14,24)25;22-21(23)10-14(21)18(31)26-19-25-16-3-1-2-15(29(16)27-19)13-4-7-20(8-5-13)11-28(12-20)17(30)6-9-24;21-20(22)10-14(20)17(29)25-18-24-16-3-1-2-15(28(16)26-18)13-4-6-19(7-5-13)11-27(12-19)9-8-23/h1-3,13-14H,4-12H2,(H,27,28,31);1-3,13-14H,4-8,10-12H2,(H,26,27,31);1-3,13-14H,4-7,9-12H2,(H,25,26,29). The number of aromatic nitrogens is 9. The molecule has 9 heterocycles. The fraction of sp³-hybridized carbons (Fsp3) is 0.603. The van der Waals surface area contributed by atoms with Crippen molar-refractivity contribution < 1.29 is 54.7 Å². The van der Waals surface area contributed by atoms with E-state index in [4.69, 9.17) is 10.5 Å². The SMILES string of the molecule is N#CCC(=O)N1CC2(CCC(c3cccc4nc(NC(=O)C5CC5(F)F)nn34)CC2)C1.N#CCN1CC2(CCC(c3cccc4nc(NC(=O)C5CC5(F)F)nn34)CC2)C1.O=C(Nc1nc2cccc(C3CCC4(CC3)CN(C(=O)C3(F)CC3)C4)n2n1)C1CC1(F)F. The maximum Gasteiger partial charge on any atom is 0.260 e. The molecule has 10 aliphatic rings. The van der Waals surface area contributed by atoms with Crippen LogP contribution in [0.5, 0.6) is 0 Å². The summed E-state index contributed by atoms with van der Waals surface area (Å²) >= 11 is 0. The number of fused-ring (bicyclic) bond motifs is 3. The molecule has 6 aromatic rings. The molecule has 6 aromatic heterocycles. The first-order chi connectivity index (χ1) is 43.9. The lowest BCUT2D eigenvalue weighted by Gasteiger charge is -2.53. The lowest BCUT2D eigenvalue weighted by Crippen LogP contribution is -2.61. The highest BCUT2D eigenvalue weighted by Gasteiger charge is 2.63. The largest absolute Gasteiger partial charge is 0.341 e. The van der Waals surface area contributed by atoms with Crippen LogP contribution in [0, 0.1) is 56.7 Å². The maximum absolute atomic E-state index is 14.0. The summed E-state index contributed by atoms with van der Waals surface area (Å²) in [5.74, 6) is -14.3. The van der Waals surface area contributed by atoms with Gasteiger partial charge in [-0.2, -0.15) is 25.5 Å². The molecule has 22 nitrogen and oxygen atoms in total. The first kappa shape index (κ1) is 61.2. The van der Waals surface area contributed by atoms with Gasteiger partial charge in [0.15, 0.2) is 22.6 Å². The summed E-state index contributed by atoms with van der Waals surface area (Å²) in [7, 11) is 0. The van der Waals surface area contributed by atoms with Gasteiger partial charge in [-0.1, -0.05) is 18.2 Å². The van der Waals surface area contributed by atoms with Gasteiger partial charge in [-0.3, -0.25) is 44.8 Å². The van der Waals surface area contributed by atoms with Crippen molar-refractivity contribution in [3.8, 4) is 12.1 Å². The van der Waals surface area contributed by atoms with E-state index >= 15 is 0 Å². The van der Waals surface area contributed by atoms with Crippen LogP contribution < -0.4 is 16.0 Å². The van der Waals surface area contributed by atoms with Crippen molar-refractivity contribution in [1.82, 2.24) is 58.5 Å². The quantitative estimate of drug-likeness (QED) is 0.0763. The Hall–Kier alpha value is -8.34. The summed E-state index contributed by atoms with van der Waals surface area (Å²) < 4.78 is 97.9. The molecule has 0 bridgehead atoms. The van der Waals surface area contributed by atoms with Gasteiger partial charge in [0.25, 0.3) is 23.7 Å². The molecule has 3 N–H and O–H groups in total. The number of alkyl halides is 7. The molecule has 16 rings (SSSR count). The molecule has 3 saturated heterocycles. The second-order valence-electron chi connectivity index (χ2n) is 27.8. The van der Waals surface area contributed by atoms with E-state index in [9.17, 15) is 54.7 Å². The number of halogens is 7. The summed E-state index contributed by atoms with van der Waals surface area (Å²) in [6, 6.07) is 21.1. The van der Waals surface area contributed by atoms with Gasteiger partial charge in [0.2, 0.25) is 41.5 Å². The molecule has 3 aliphatic heterocycles. The summed E-state index contributed by atoms with van der Waals surface area (Å²) in [5, 5.41) is 37.9. The molecule has 10 fully saturated rings. The number of nitrogens with one attached hydrogen (secondary N) is 3. The minimum atomic E-state index is -2.93. The van der Waals surface area contributed by atoms with Crippen LogP contribution in [0.2, 0.25) is 0 Å². The summed E-state index contributed by atoms with van der Waals surface area (Å²) in [4.78, 5) is 78.4. The Kier molecular flexibility index (Phi) is 14.9. The number of amides is 5. The predicted octanol–water partition coefficient (Wildman–Crippen LogP) is 8.84. The van der Waals surface area contributed by atoms with Crippen molar-refractivity contribution in [3.05, 3.63) is 71.7 Å². The van der Waals surface area contributed by atoms with Gasteiger partial charge in [0.1, 0.15) is 24.2 Å². The molecule has 3 spiro atoms. The minimum absolute atomic E-state index is 0.0332. The summed E-state index contributed by atoms with van der Waals surface area (Å²) in [5.41, 5.74) is 3.69. The van der Waals surface area contributed by atoms with Crippen molar-refractivity contribution in [1.29, 1.82) is 10.5 Å². The number of nitrogens with zero attached hydrogens (tertiary/aromatic N) is 14. The monoisotopic (exact) mass is 1280 g/mol. The molecule has 7 saturated carbocycles. The number of anilines is 3. The number of pyridine rings is 3. The molecule has 29 heteroatoms. The first-order valence-electron chi connectivity index (χ1n) is 31.7. The van der Waals surface area contributed by atoms with Crippen molar-refractivity contribution in [2.75, 3.05) is 61.8 Å². The van der Waals surface area contributed by atoms with Gasteiger partial charge < -0.3 is 9.80 Å². The highest BCUT2D eigenvalue weighted by atomic mass is 19.3. The topological polar surface area (TPSA) is 269 Å². The Morgan fingerprint density at radius 1 is 0.467 bits per heavy atom. The van der Waals surface area contributed by atoms with Gasteiger partial charge in [0, 0.05) is 104 Å². The number of carbonyl (C=O) groups is 5. The zero-order chi connectivity index (χ0) is 64.3. The smallest absolute Gasteiger partial charge is 0.260 e. The van der Waals surface area contributed by atoms with E-state index in [-0.39, 0.29) is 58.7 Å². The Balaban J connectivity index is 0.000000120. The van der Waals surface area contributed by atoms with E-state index in [1.807, 2.05) is 42.5 Å². The van der Waals surface area contributed by atoms with E-state index in [2.05, 4.69) is 57.2 Å². The molecule has 7 aliphatic carbocycles. The fourth-order valence-electron chi connectivity index (χ4n) is 15.2. The second-order valence-corrected chi connectivity index (χ2v) is 27.8. The lowest BCUT2D eigenvalue weighted by atomic mass is 9.65. The van der Waals surface area contributed by atoms with Gasteiger partial charge in [0.05, 0.1) is 18.7 Å². The van der Waals surface area contributed by atoms with Crippen LogP contribution in [0.1, 0.15) is 150 Å². The van der Waals surface area contributed by atoms with Crippen molar-refractivity contribution in [3.63, 3.8) is 0 Å². The Labute approximate surface area is 522 Å². The zero-order valence-corrected chi connectivity index (χ0v) is 50.3. The molecular weight excluding hydrogens is 1210 g/mol. The number of nitriles is 2. The second kappa shape index (κ2) is 22.5. The third-order valence-electron chi connectivity index (χ3n) is 21.2. The van der Waals surface area contributed by atoms with Gasteiger partial charge >= 0.3 is 0 Å². The maximum atomic E-state index is 14.0. The predicted molar refractivity (Wildman–Crippen MR) is 313 cm³/mol. The zero-order valence-electron chi connectivity index (χ0n) is 50.3. The Bertz CT molecular complexity index is 4010. The fourth-order valence-corrected chi connectivity index (χ4v) is 15.2. The van der Waals surface area contributed by atoms with Gasteiger partial charge in [-0.15, -0.1) is 15.3 Å². The third-order valence-corrected chi connectivity index (χ3v) is 21.2. The molecule has 0 radical (unpaired) electrons. The molecule has 484 valence electrons. The van der Waals surface area contributed by atoms with E-state index in [0.717, 1.165) is 120 Å². The van der Waals surface area contributed by atoms with Crippen LogP contribution in [0.25, 0.3) is 16.9 Å². The third kappa shape index (κ3) is 11.9. The van der Waals surface area contributed by atoms with Crippen molar-refractivity contribution in [2.45, 2.75) is 157 Å². The number of carbonyl (C=O) groups excluding carboxylic acids is 5. The lowest BCUT2D eigenvalue weighted by molar-refractivity contribution is -0.153. The minimum Gasteiger partial charge on any atom is -0.341 e. The van der Waals surface area contributed by atoms with Crippen LogP contribution >= 0.6 is 0 Å². The highest BCUT2D eigenvalue weighted by molar-refractivity contribution is 5.95. The number of rotatable bonds is 12. The molecule has 92 heavy (non-hydrogen) atoms. The van der Waals surface area contributed by atoms with Crippen LogP contribution in [-0.2, 0) is 24.0 Å². The Morgan fingerprint density at radius 3 is 1.10 bits per heavy atom. The summed E-state index contributed by atoms with van der Waals surface area (Å²) in [6.07, 6.45) is 11.3. The summed E-state index contributed by atoms with van der Waals surface area (Å²) in [6.45, 7) is 5.22. The molecular formula is C63H68F7N17O5. The number of hydrogen-bond acceptors (Lipinski definition) is 14. The molecule has 0 aromatic carbocycles. The molecule has 5 amide bonds. The Morgan fingerprint density at radius 2 is 0.793 bits per heavy atom. The van der Waals surface area contributed by atoms with E-state index in [1.54, 1.807) is 41.5 Å². The molecule has 3 unspecified atom stereocenters. The highest BCUT2D eigenvalue weighted by Crippen LogP contribution is 2.54. The van der Waals surface area contributed by atoms with Crippen LogP contribution in [-0.4, -0.2) is 157 Å². The normalized spacial score (nSPS) is 26.1. The van der Waals surface area contributed by atoms with Crippen molar-refractivity contribution in [2.24, 2.45) is 34.0 Å². The molecule has 3 atom stereocenters. The average Bonchev–Trinajstić information content (AvgIpc) is 0.929. The van der Waals surface area contributed by atoms with E-state index < -0.39 is 78.2 Å². The van der Waals surface area contributed by atoms with Gasteiger partial charge in [-0.05, 0) is 132 Å². The van der Waals surface area contributed by atoms with Crippen molar-refractivity contribution >= 4 is 64.3 Å². The number of likely N-dealkylation sites (tertiary alicyclic amines) is 3. The van der Waals surface area contributed by atoms with Crippen LogP contribution in [0.15, 0.2) is 54.6 Å².